The van der Waals surface area contributed by atoms with Gasteiger partial charge in [0.15, 0.2) is 0 Å². The third kappa shape index (κ3) is 3.86. The van der Waals surface area contributed by atoms with E-state index in [0.29, 0.717) is 24.4 Å². The van der Waals surface area contributed by atoms with Gasteiger partial charge in [-0.3, -0.25) is 4.79 Å². The number of likely N-dealkylation sites (tertiary alicyclic amines) is 1. The fourth-order valence-electron chi connectivity index (χ4n) is 2.78. The Labute approximate surface area is 145 Å². The van der Waals surface area contributed by atoms with Crippen LogP contribution in [0.2, 0.25) is 0 Å². The average Bonchev–Trinajstić information content (AvgIpc) is 2.68. The van der Waals surface area contributed by atoms with E-state index in [0.717, 1.165) is 12.8 Å². The third-order valence-electron chi connectivity index (χ3n) is 4.05. The molecule has 1 aliphatic rings. The minimum absolute atomic E-state index is 0.0457. The number of hydrogen-bond acceptors (Lipinski definition) is 6. The largest absolute Gasteiger partial charge is 0.497 e. The van der Waals surface area contributed by atoms with E-state index in [1.54, 1.807) is 36.3 Å². The number of aromatic nitrogens is 2. The maximum absolute atomic E-state index is 12.7. The van der Waals surface area contributed by atoms with Crippen LogP contribution in [-0.2, 0) is 0 Å². The summed E-state index contributed by atoms with van der Waals surface area (Å²) in [6.45, 7) is 1.13. The molecular weight excluding hydrogens is 320 g/mol. The number of piperidine rings is 1. The zero-order valence-corrected chi connectivity index (χ0v) is 13.9. The highest BCUT2D eigenvalue weighted by Crippen LogP contribution is 2.20. The smallest absolute Gasteiger partial charge is 0.253 e. The lowest BCUT2D eigenvalue weighted by molar-refractivity contribution is 0.0526. The number of carbonyl (C=O) groups is 1. The maximum Gasteiger partial charge on any atom is 0.253 e. The second-order valence-electron chi connectivity index (χ2n) is 5.68. The molecule has 25 heavy (non-hydrogen) atoms. The molecule has 2 heterocycles. The molecule has 7 nitrogen and oxygen atoms in total. The Kier molecular flexibility index (Phi) is 5.09. The van der Waals surface area contributed by atoms with Gasteiger partial charge in [-0.2, -0.15) is 5.26 Å². The standard InChI is InChI=1S/C18H18N4O3/c1-24-14-6-4-13(5-7-14)18(23)22-10-2-3-15(12-22)25-17-16(11-19)20-8-9-21-17/h4-9,15H,2-3,10,12H2,1H3. The summed E-state index contributed by atoms with van der Waals surface area (Å²) in [5.74, 6) is 0.882. The number of rotatable bonds is 4. The Hall–Kier alpha value is -3.14. The van der Waals surface area contributed by atoms with Crippen LogP contribution in [0.1, 0.15) is 28.9 Å². The van der Waals surface area contributed by atoms with Crippen molar-refractivity contribution in [2.24, 2.45) is 0 Å². The molecule has 7 heteroatoms. The van der Waals surface area contributed by atoms with Crippen LogP contribution in [-0.4, -0.2) is 47.1 Å². The Balaban J connectivity index is 1.68. The molecule has 2 aromatic rings. The van der Waals surface area contributed by atoms with E-state index in [9.17, 15) is 4.79 Å². The van der Waals surface area contributed by atoms with E-state index in [1.165, 1.54) is 12.4 Å². The zero-order valence-electron chi connectivity index (χ0n) is 13.9. The van der Waals surface area contributed by atoms with Gasteiger partial charge in [-0.25, -0.2) is 9.97 Å². The first kappa shape index (κ1) is 16.7. The molecule has 1 aromatic heterocycles. The number of ether oxygens (including phenoxy) is 2. The van der Waals surface area contributed by atoms with Crippen LogP contribution in [0.3, 0.4) is 0 Å². The van der Waals surface area contributed by atoms with Crippen LogP contribution in [0, 0.1) is 11.3 Å². The molecule has 1 fully saturated rings. The first-order valence-corrected chi connectivity index (χ1v) is 8.02. The summed E-state index contributed by atoms with van der Waals surface area (Å²) in [5, 5.41) is 9.07. The van der Waals surface area contributed by atoms with Crippen LogP contribution in [0.4, 0.5) is 0 Å². The summed E-state index contributed by atoms with van der Waals surface area (Å²) >= 11 is 0. The lowest BCUT2D eigenvalue weighted by Gasteiger charge is -2.32. The molecule has 0 spiro atoms. The van der Waals surface area contributed by atoms with Crippen molar-refractivity contribution in [3.8, 4) is 17.7 Å². The van der Waals surface area contributed by atoms with Gasteiger partial charge in [0, 0.05) is 24.5 Å². The molecule has 128 valence electrons. The van der Waals surface area contributed by atoms with Gasteiger partial charge in [-0.1, -0.05) is 0 Å². The molecule has 1 aromatic carbocycles. The van der Waals surface area contributed by atoms with Crippen molar-refractivity contribution in [2.75, 3.05) is 20.2 Å². The van der Waals surface area contributed by atoms with Gasteiger partial charge in [-0.05, 0) is 37.1 Å². The first-order valence-electron chi connectivity index (χ1n) is 8.02. The minimum atomic E-state index is -0.209. The van der Waals surface area contributed by atoms with Crippen molar-refractivity contribution in [1.29, 1.82) is 5.26 Å². The number of nitrogens with zero attached hydrogens (tertiary/aromatic N) is 4. The van der Waals surface area contributed by atoms with Crippen molar-refractivity contribution in [1.82, 2.24) is 14.9 Å². The molecule has 3 rings (SSSR count). The van der Waals surface area contributed by atoms with Crippen molar-refractivity contribution >= 4 is 5.91 Å². The first-order chi connectivity index (χ1) is 12.2. The number of benzene rings is 1. The van der Waals surface area contributed by atoms with Crippen LogP contribution in [0.25, 0.3) is 0 Å². The second kappa shape index (κ2) is 7.62. The van der Waals surface area contributed by atoms with E-state index in [-0.39, 0.29) is 23.6 Å². The molecule has 1 amide bonds. The van der Waals surface area contributed by atoms with Gasteiger partial charge in [0.1, 0.15) is 17.9 Å². The monoisotopic (exact) mass is 338 g/mol. The summed E-state index contributed by atoms with van der Waals surface area (Å²) < 4.78 is 10.9. The van der Waals surface area contributed by atoms with Gasteiger partial charge < -0.3 is 14.4 Å². The summed E-state index contributed by atoms with van der Waals surface area (Å²) in [4.78, 5) is 22.4. The molecule has 1 unspecified atom stereocenters. The van der Waals surface area contributed by atoms with Crippen molar-refractivity contribution in [3.63, 3.8) is 0 Å². The molecule has 0 radical (unpaired) electrons. The van der Waals surface area contributed by atoms with Gasteiger partial charge >= 0.3 is 0 Å². The average molecular weight is 338 g/mol. The van der Waals surface area contributed by atoms with Crippen LogP contribution in [0.15, 0.2) is 36.7 Å². The number of methoxy groups -OCH3 is 1. The minimum Gasteiger partial charge on any atom is -0.497 e. The molecule has 0 aliphatic carbocycles. The summed E-state index contributed by atoms with van der Waals surface area (Å²) in [7, 11) is 1.59. The third-order valence-corrected chi connectivity index (χ3v) is 4.05. The second-order valence-corrected chi connectivity index (χ2v) is 5.68. The van der Waals surface area contributed by atoms with Gasteiger partial charge in [0.2, 0.25) is 5.69 Å². The van der Waals surface area contributed by atoms with Gasteiger partial charge in [0.25, 0.3) is 11.8 Å². The Bertz CT molecular complexity index is 786. The van der Waals surface area contributed by atoms with E-state index >= 15 is 0 Å². The fraction of sp³-hybridized carbons (Fsp3) is 0.333. The Morgan fingerprint density at radius 2 is 2.04 bits per heavy atom. The van der Waals surface area contributed by atoms with Crippen molar-refractivity contribution in [3.05, 3.63) is 47.9 Å². The quantitative estimate of drug-likeness (QED) is 0.847. The molecular formula is C18H18N4O3. The maximum atomic E-state index is 12.7. The van der Waals surface area contributed by atoms with Gasteiger partial charge in [0.05, 0.1) is 13.7 Å². The summed E-state index contributed by atoms with van der Waals surface area (Å²) in [6.07, 6.45) is 4.35. The van der Waals surface area contributed by atoms with E-state index in [4.69, 9.17) is 14.7 Å². The SMILES string of the molecule is COc1ccc(C(=O)N2CCCC(Oc3nccnc3C#N)C2)cc1. The fourth-order valence-corrected chi connectivity index (χ4v) is 2.78. The van der Waals surface area contributed by atoms with E-state index in [2.05, 4.69) is 9.97 Å². The lowest BCUT2D eigenvalue weighted by Crippen LogP contribution is -2.44. The van der Waals surface area contributed by atoms with Crippen LogP contribution < -0.4 is 9.47 Å². The van der Waals surface area contributed by atoms with Crippen molar-refractivity contribution < 1.29 is 14.3 Å². The molecule has 1 aliphatic heterocycles. The van der Waals surface area contributed by atoms with E-state index < -0.39 is 0 Å². The molecule has 0 bridgehead atoms. The number of hydrogen-bond donors (Lipinski definition) is 0. The molecule has 0 saturated carbocycles. The number of carbonyl (C=O) groups excluding carboxylic acids is 1. The zero-order chi connectivity index (χ0) is 17.6. The van der Waals surface area contributed by atoms with Gasteiger partial charge in [-0.15, -0.1) is 0 Å². The summed E-state index contributed by atoms with van der Waals surface area (Å²) in [6, 6.07) is 9.00. The predicted molar refractivity (Wildman–Crippen MR) is 89.3 cm³/mol. The topological polar surface area (TPSA) is 88.3 Å². The highest BCUT2D eigenvalue weighted by Gasteiger charge is 2.26. The molecule has 0 N–H and O–H groups in total. The van der Waals surface area contributed by atoms with Crippen LogP contribution in [0.5, 0.6) is 11.6 Å². The van der Waals surface area contributed by atoms with E-state index in [1.807, 2.05) is 6.07 Å². The normalized spacial score (nSPS) is 16.8. The van der Waals surface area contributed by atoms with Crippen molar-refractivity contribution in [2.45, 2.75) is 18.9 Å². The Morgan fingerprint density at radius 3 is 2.76 bits per heavy atom. The molecule has 1 atom stereocenters. The Morgan fingerprint density at radius 1 is 1.28 bits per heavy atom. The van der Waals surface area contributed by atoms with Crippen LogP contribution >= 0.6 is 0 Å². The summed E-state index contributed by atoms with van der Waals surface area (Å²) in [5.41, 5.74) is 0.764. The highest BCUT2D eigenvalue weighted by atomic mass is 16.5. The lowest BCUT2D eigenvalue weighted by atomic mass is 10.1. The molecule has 1 saturated heterocycles. The highest BCUT2D eigenvalue weighted by molar-refractivity contribution is 5.94. The predicted octanol–water partition coefficient (Wildman–Crippen LogP) is 2.04. The number of amides is 1. The number of nitriles is 1.